The molecule has 0 bridgehead atoms. The van der Waals surface area contributed by atoms with E-state index in [-0.39, 0.29) is 17.6 Å². The van der Waals surface area contributed by atoms with Crippen LogP contribution in [-0.4, -0.2) is 53.1 Å². The van der Waals surface area contributed by atoms with Crippen molar-refractivity contribution >= 4 is 34.0 Å². The summed E-state index contributed by atoms with van der Waals surface area (Å²) >= 11 is 1.27. The van der Waals surface area contributed by atoms with Crippen LogP contribution in [0, 0.1) is 6.92 Å². The molecule has 1 N–H and O–H groups in total. The Morgan fingerprint density at radius 3 is 2.72 bits per heavy atom. The molecule has 29 heavy (non-hydrogen) atoms. The highest BCUT2D eigenvalue weighted by Gasteiger charge is 2.22. The number of furan rings is 1. The Labute approximate surface area is 172 Å². The van der Waals surface area contributed by atoms with Crippen LogP contribution < -0.4 is 10.2 Å². The second-order valence-electron chi connectivity index (χ2n) is 6.76. The first-order chi connectivity index (χ1) is 14.1. The predicted octanol–water partition coefficient (Wildman–Crippen LogP) is 3.04. The second-order valence-corrected chi connectivity index (χ2v) is 7.84. The molecule has 1 saturated heterocycles. The Morgan fingerprint density at radius 1 is 1.07 bits per heavy atom. The first-order valence-corrected chi connectivity index (χ1v) is 10.2. The minimum Gasteiger partial charge on any atom is -0.459 e. The number of nitrogens with one attached hydrogen (secondary N) is 1. The van der Waals surface area contributed by atoms with Gasteiger partial charge in [-0.05, 0) is 49.7 Å². The van der Waals surface area contributed by atoms with Gasteiger partial charge in [-0.3, -0.25) is 9.59 Å². The van der Waals surface area contributed by atoms with E-state index in [1.54, 1.807) is 24.3 Å². The lowest BCUT2D eigenvalue weighted by Crippen LogP contribution is -2.35. The number of carbonyl (C=O) groups excluding carboxylic acids is 2. The topological polar surface area (TPSA) is 91.6 Å². The lowest BCUT2D eigenvalue weighted by molar-refractivity contribution is 0.0771. The van der Waals surface area contributed by atoms with Crippen LogP contribution in [0.3, 0.4) is 0 Å². The van der Waals surface area contributed by atoms with Crippen molar-refractivity contribution in [3.05, 3.63) is 59.0 Å². The van der Waals surface area contributed by atoms with E-state index in [1.165, 1.54) is 17.6 Å². The summed E-state index contributed by atoms with van der Waals surface area (Å²) in [5.41, 5.74) is 0.882. The van der Waals surface area contributed by atoms with E-state index in [0.29, 0.717) is 29.5 Å². The van der Waals surface area contributed by atoms with Crippen LogP contribution in [0.2, 0.25) is 0 Å². The van der Waals surface area contributed by atoms with Gasteiger partial charge >= 0.3 is 0 Å². The molecule has 8 nitrogen and oxygen atoms in total. The lowest BCUT2D eigenvalue weighted by atomic mass is 10.3. The molecule has 0 aliphatic carbocycles. The van der Waals surface area contributed by atoms with Crippen molar-refractivity contribution in [2.45, 2.75) is 13.3 Å². The van der Waals surface area contributed by atoms with Gasteiger partial charge in [-0.1, -0.05) is 0 Å². The molecule has 1 aliphatic rings. The standard InChI is InChI=1S/C20H21N5O3S/c1-14-5-7-17(23-22-14)24-9-3-10-25(12-11-24)20(27)16-6-8-18(29-16)21-19(26)15-4-2-13-28-15/h2,4-8,13H,3,9-12H2,1H3,(H,21,26). The summed E-state index contributed by atoms with van der Waals surface area (Å²) < 4.78 is 5.09. The fourth-order valence-corrected chi connectivity index (χ4v) is 4.04. The van der Waals surface area contributed by atoms with Crippen LogP contribution in [0.25, 0.3) is 0 Å². The van der Waals surface area contributed by atoms with Crippen molar-refractivity contribution in [2.75, 3.05) is 36.4 Å². The SMILES string of the molecule is Cc1ccc(N2CCCN(C(=O)c3ccc(NC(=O)c4ccco4)s3)CC2)nn1. The zero-order valence-corrected chi connectivity index (χ0v) is 16.8. The summed E-state index contributed by atoms with van der Waals surface area (Å²) in [4.78, 5) is 29.6. The monoisotopic (exact) mass is 411 g/mol. The van der Waals surface area contributed by atoms with Crippen LogP contribution in [-0.2, 0) is 0 Å². The number of anilines is 2. The Bertz CT molecular complexity index is 984. The molecule has 1 aliphatic heterocycles. The first-order valence-electron chi connectivity index (χ1n) is 9.39. The minimum atomic E-state index is -0.333. The minimum absolute atomic E-state index is 0.0228. The van der Waals surface area contributed by atoms with Gasteiger partial charge in [-0.25, -0.2) is 0 Å². The van der Waals surface area contributed by atoms with E-state index in [9.17, 15) is 9.59 Å². The fourth-order valence-electron chi connectivity index (χ4n) is 3.17. The van der Waals surface area contributed by atoms with Crippen LogP contribution >= 0.6 is 11.3 Å². The highest BCUT2D eigenvalue weighted by molar-refractivity contribution is 7.18. The molecule has 1 fully saturated rings. The van der Waals surface area contributed by atoms with Crippen molar-refractivity contribution in [1.82, 2.24) is 15.1 Å². The summed E-state index contributed by atoms with van der Waals surface area (Å²) in [5.74, 6) is 0.716. The van der Waals surface area contributed by atoms with E-state index in [0.717, 1.165) is 24.5 Å². The zero-order valence-electron chi connectivity index (χ0n) is 16.0. The van der Waals surface area contributed by atoms with Gasteiger partial charge in [0.05, 0.1) is 21.8 Å². The maximum Gasteiger partial charge on any atom is 0.291 e. The molecule has 0 unspecified atom stereocenters. The van der Waals surface area contributed by atoms with Gasteiger partial charge in [0.1, 0.15) is 0 Å². The van der Waals surface area contributed by atoms with Crippen molar-refractivity contribution < 1.29 is 14.0 Å². The summed E-state index contributed by atoms with van der Waals surface area (Å²) in [6.45, 7) is 4.74. The van der Waals surface area contributed by atoms with Crippen LogP contribution in [0.15, 0.2) is 47.1 Å². The highest BCUT2D eigenvalue weighted by atomic mass is 32.1. The maximum atomic E-state index is 12.9. The molecule has 0 atom stereocenters. The fraction of sp³-hybridized carbons (Fsp3) is 0.300. The second kappa shape index (κ2) is 8.44. The number of carbonyl (C=O) groups is 2. The molecular formula is C20H21N5O3S. The average Bonchev–Trinajstić information content (AvgIpc) is 3.36. The van der Waals surface area contributed by atoms with Crippen molar-refractivity contribution in [3.63, 3.8) is 0 Å². The van der Waals surface area contributed by atoms with Gasteiger partial charge in [-0.15, -0.1) is 16.4 Å². The van der Waals surface area contributed by atoms with Gasteiger partial charge in [0.2, 0.25) is 0 Å². The summed E-state index contributed by atoms with van der Waals surface area (Å²) in [6.07, 6.45) is 2.30. The van der Waals surface area contributed by atoms with Gasteiger partial charge in [0.25, 0.3) is 11.8 Å². The third-order valence-electron chi connectivity index (χ3n) is 4.69. The van der Waals surface area contributed by atoms with Crippen LogP contribution in [0.4, 0.5) is 10.8 Å². The molecule has 9 heteroatoms. The number of thiophene rings is 1. The van der Waals surface area contributed by atoms with Gasteiger partial charge in [0, 0.05) is 26.2 Å². The quantitative estimate of drug-likeness (QED) is 0.710. The van der Waals surface area contributed by atoms with Gasteiger partial charge < -0.3 is 19.5 Å². The van der Waals surface area contributed by atoms with E-state index >= 15 is 0 Å². The third kappa shape index (κ3) is 4.45. The summed E-state index contributed by atoms with van der Waals surface area (Å²) in [6, 6.07) is 10.6. The molecule has 0 spiro atoms. The van der Waals surface area contributed by atoms with Crippen molar-refractivity contribution in [1.29, 1.82) is 0 Å². The normalized spacial score (nSPS) is 14.5. The number of aromatic nitrogens is 2. The molecule has 4 rings (SSSR count). The van der Waals surface area contributed by atoms with Crippen molar-refractivity contribution in [3.8, 4) is 0 Å². The zero-order chi connectivity index (χ0) is 20.2. The number of nitrogens with zero attached hydrogens (tertiary/aromatic N) is 4. The number of aryl methyl sites for hydroxylation is 1. The Balaban J connectivity index is 1.38. The number of hydrogen-bond donors (Lipinski definition) is 1. The number of rotatable bonds is 4. The molecule has 2 amide bonds. The van der Waals surface area contributed by atoms with Gasteiger partial charge in [-0.2, -0.15) is 5.10 Å². The molecular weight excluding hydrogens is 390 g/mol. The number of hydrogen-bond acceptors (Lipinski definition) is 7. The van der Waals surface area contributed by atoms with E-state index in [2.05, 4.69) is 20.4 Å². The number of amides is 2. The Hall–Kier alpha value is -3.20. The maximum absolute atomic E-state index is 12.9. The predicted molar refractivity (Wildman–Crippen MR) is 110 cm³/mol. The molecule has 0 radical (unpaired) electrons. The molecule has 0 saturated carbocycles. The summed E-state index contributed by atoms with van der Waals surface area (Å²) in [5, 5.41) is 11.7. The molecule has 150 valence electrons. The van der Waals surface area contributed by atoms with Crippen LogP contribution in [0.5, 0.6) is 0 Å². The van der Waals surface area contributed by atoms with Crippen LogP contribution in [0.1, 0.15) is 32.3 Å². The Morgan fingerprint density at radius 2 is 1.97 bits per heavy atom. The average molecular weight is 411 g/mol. The lowest BCUT2D eigenvalue weighted by Gasteiger charge is -2.22. The molecule has 3 aromatic heterocycles. The molecule has 3 aromatic rings. The highest BCUT2D eigenvalue weighted by Crippen LogP contribution is 2.25. The van der Waals surface area contributed by atoms with Crippen molar-refractivity contribution in [2.24, 2.45) is 0 Å². The molecule has 0 aromatic carbocycles. The van der Waals surface area contributed by atoms with E-state index in [4.69, 9.17) is 4.42 Å². The third-order valence-corrected chi connectivity index (χ3v) is 5.68. The Kier molecular flexibility index (Phi) is 5.57. The smallest absolute Gasteiger partial charge is 0.291 e. The van der Waals surface area contributed by atoms with E-state index in [1.807, 2.05) is 24.0 Å². The largest absolute Gasteiger partial charge is 0.459 e. The molecule has 4 heterocycles. The first kappa shape index (κ1) is 19.1. The summed E-state index contributed by atoms with van der Waals surface area (Å²) in [7, 11) is 0. The van der Waals surface area contributed by atoms with Gasteiger partial charge in [0.15, 0.2) is 11.6 Å². The van der Waals surface area contributed by atoms with E-state index < -0.39 is 0 Å².